The topological polar surface area (TPSA) is 58.9 Å². The standard InChI is InChI=1S/C14H22N6/c1-3-15-10-14-12-20(18-17-14)9-8-19(2)11-13-6-4-5-7-16-13/h4-7,12,15H,3,8-11H2,1-2H3. The molecule has 0 aliphatic carbocycles. The molecule has 108 valence electrons. The van der Waals surface area contributed by atoms with E-state index in [1.807, 2.05) is 35.3 Å². The minimum absolute atomic E-state index is 0.778. The average molecular weight is 274 g/mol. The molecule has 0 radical (unpaired) electrons. The summed E-state index contributed by atoms with van der Waals surface area (Å²) in [5.41, 5.74) is 2.07. The lowest BCUT2D eigenvalue weighted by atomic mass is 10.3. The van der Waals surface area contributed by atoms with Crippen LogP contribution in [0.1, 0.15) is 18.3 Å². The van der Waals surface area contributed by atoms with Crippen LogP contribution in [0.3, 0.4) is 0 Å². The molecule has 0 bridgehead atoms. The van der Waals surface area contributed by atoms with Gasteiger partial charge in [-0.15, -0.1) is 5.10 Å². The molecule has 0 unspecified atom stereocenters. The molecular weight excluding hydrogens is 252 g/mol. The first-order valence-corrected chi connectivity index (χ1v) is 6.96. The smallest absolute Gasteiger partial charge is 0.0964 e. The highest BCUT2D eigenvalue weighted by Gasteiger charge is 2.03. The van der Waals surface area contributed by atoms with Crippen LogP contribution >= 0.6 is 0 Å². The van der Waals surface area contributed by atoms with Crippen LogP contribution in [0.15, 0.2) is 30.6 Å². The van der Waals surface area contributed by atoms with E-state index in [-0.39, 0.29) is 0 Å². The van der Waals surface area contributed by atoms with E-state index in [1.165, 1.54) is 0 Å². The van der Waals surface area contributed by atoms with Crippen molar-refractivity contribution in [2.45, 2.75) is 26.6 Å². The molecule has 2 aromatic heterocycles. The Labute approximate surface area is 119 Å². The molecule has 1 N–H and O–H groups in total. The van der Waals surface area contributed by atoms with Gasteiger partial charge in [0.1, 0.15) is 0 Å². The number of pyridine rings is 1. The van der Waals surface area contributed by atoms with Crippen molar-refractivity contribution in [2.75, 3.05) is 20.1 Å². The Kier molecular flexibility index (Phi) is 5.64. The van der Waals surface area contributed by atoms with Crippen molar-refractivity contribution in [3.05, 3.63) is 42.0 Å². The van der Waals surface area contributed by atoms with Crippen molar-refractivity contribution in [3.8, 4) is 0 Å². The van der Waals surface area contributed by atoms with Crippen molar-refractivity contribution < 1.29 is 0 Å². The minimum atomic E-state index is 0.778. The Balaban J connectivity index is 1.75. The predicted molar refractivity (Wildman–Crippen MR) is 78.0 cm³/mol. The zero-order valence-electron chi connectivity index (χ0n) is 12.2. The van der Waals surface area contributed by atoms with Gasteiger partial charge < -0.3 is 5.32 Å². The molecular formula is C14H22N6. The van der Waals surface area contributed by atoms with Crippen molar-refractivity contribution in [1.29, 1.82) is 0 Å². The summed E-state index contributed by atoms with van der Waals surface area (Å²) in [5, 5.41) is 11.5. The maximum atomic E-state index is 4.33. The second-order valence-corrected chi connectivity index (χ2v) is 4.81. The van der Waals surface area contributed by atoms with Crippen LogP contribution in [0.5, 0.6) is 0 Å². The Morgan fingerprint density at radius 3 is 2.95 bits per heavy atom. The lowest BCUT2D eigenvalue weighted by Crippen LogP contribution is -2.23. The maximum absolute atomic E-state index is 4.33. The molecule has 0 aliphatic rings. The summed E-state index contributed by atoms with van der Waals surface area (Å²) in [5.74, 6) is 0. The van der Waals surface area contributed by atoms with Crippen LogP contribution in [0.2, 0.25) is 0 Å². The van der Waals surface area contributed by atoms with Gasteiger partial charge in [0.05, 0.1) is 17.9 Å². The quantitative estimate of drug-likeness (QED) is 0.775. The highest BCUT2D eigenvalue weighted by Crippen LogP contribution is 1.99. The first kappa shape index (κ1) is 14.6. The molecule has 0 amide bonds. The van der Waals surface area contributed by atoms with Gasteiger partial charge in [-0.1, -0.05) is 18.2 Å². The third-order valence-corrected chi connectivity index (χ3v) is 3.01. The normalized spacial score (nSPS) is 11.2. The number of rotatable bonds is 8. The lowest BCUT2D eigenvalue weighted by molar-refractivity contribution is 0.300. The number of nitrogens with zero attached hydrogens (tertiary/aromatic N) is 5. The summed E-state index contributed by atoms with van der Waals surface area (Å²) in [6.07, 6.45) is 3.82. The van der Waals surface area contributed by atoms with E-state index in [0.29, 0.717) is 0 Å². The van der Waals surface area contributed by atoms with Crippen LogP contribution in [0.25, 0.3) is 0 Å². The second-order valence-electron chi connectivity index (χ2n) is 4.81. The highest BCUT2D eigenvalue weighted by atomic mass is 15.4. The van der Waals surface area contributed by atoms with E-state index < -0.39 is 0 Å². The molecule has 2 heterocycles. The van der Waals surface area contributed by atoms with Crippen molar-refractivity contribution >= 4 is 0 Å². The molecule has 0 aromatic carbocycles. The molecule has 0 spiro atoms. The van der Waals surface area contributed by atoms with Gasteiger partial charge in [0.15, 0.2) is 0 Å². The summed E-state index contributed by atoms with van der Waals surface area (Å²) >= 11 is 0. The van der Waals surface area contributed by atoms with E-state index >= 15 is 0 Å². The number of hydrogen-bond donors (Lipinski definition) is 1. The molecule has 2 rings (SSSR count). The third-order valence-electron chi connectivity index (χ3n) is 3.01. The van der Waals surface area contributed by atoms with Gasteiger partial charge in [0.2, 0.25) is 0 Å². The van der Waals surface area contributed by atoms with Crippen LogP contribution in [-0.4, -0.2) is 45.0 Å². The number of hydrogen-bond acceptors (Lipinski definition) is 5. The van der Waals surface area contributed by atoms with Crippen molar-refractivity contribution in [3.63, 3.8) is 0 Å². The molecule has 20 heavy (non-hydrogen) atoms. The Hall–Kier alpha value is -1.79. The molecule has 0 fully saturated rings. The zero-order valence-corrected chi connectivity index (χ0v) is 12.2. The van der Waals surface area contributed by atoms with E-state index in [9.17, 15) is 0 Å². The lowest BCUT2D eigenvalue weighted by Gasteiger charge is -2.15. The summed E-state index contributed by atoms with van der Waals surface area (Å²) in [4.78, 5) is 6.56. The zero-order chi connectivity index (χ0) is 14.2. The first-order chi connectivity index (χ1) is 9.78. The van der Waals surface area contributed by atoms with Crippen LogP contribution in [0, 0.1) is 0 Å². The van der Waals surface area contributed by atoms with Crippen LogP contribution in [0.4, 0.5) is 0 Å². The maximum Gasteiger partial charge on any atom is 0.0964 e. The molecule has 6 nitrogen and oxygen atoms in total. The Morgan fingerprint density at radius 2 is 2.20 bits per heavy atom. The van der Waals surface area contributed by atoms with Gasteiger partial charge >= 0.3 is 0 Å². The Bertz CT molecular complexity index is 495. The van der Waals surface area contributed by atoms with Crippen LogP contribution < -0.4 is 5.32 Å². The third kappa shape index (κ3) is 4.71. The van der Waals surface area contributed by atoms with Crippen molar-refractivity contribution in [2.24, 2.45) is 0 Å². The fraction of sp³-hybridized carbons (Fsp3) is 0.500. The number of likely N-dealkylation sites (N-methyl/N-ethyl adjacent to an activating group) is 1. The summed E-state index contributed by atoms with van der Waals surface area (Å²) in [6, 6.07) is 5.99. The van der Waals surface area contributed by atoms with Crippen molar-refractivity contribution in [1.82, 2.24) is 30.2 Å². The predicted octanol–water partition coefficient (Wildman–Crippen LogP) is 0.915. The first-order valence-electron chi connectivity index (χ1n) is 6.96. The second kappa shape index (κ2) is 7.72. The molecule has 0 saturated carbocycles. The van der Waals surface area contributed by atoms with E-state index in [2.05, 4.69) is 39.5 Å². The van der Waals surface area contributed by atoms with Gasteiger partial charge in [0, 0.05) is 32.0 Å². The van der Waals surface area contributed by atoms with Gasteiger partial charge in [-0.25, -0.2) is 0 Å². The number of aromatic nitrogens is 4. The summed E-state index contributed by atoms with van der Waals surface area (Å²) in [7, 11) is 2.09. The van der Waals surface area contributed by atoms with Gasteiger partial charge in [0.25, 0.3) is 0 Å². The SMILES string of the molecule is CCNCc1cn(CCN(C)Cc2ccccn2)nn1. The van der Waals surface area contributed by atoms with E-state index in [4.69, 9.17) is 0 Å². The van der Waals surface area contributed by atoms with Crippen LogP contribution in [-0.2, 0) is 19.6 Å². The Morgan fingerprint density at radius 1 is 1.30 bits per heavy atom. The monoisotopic (exact) mass is 274 g/mol. The summed E-state index contributed by atoms with van der Waals surface area (Å²) < 4.78 is 1.89. The average Bonchev–Trinajstić information content (AvgIpc) is 2.92. The van der Waals surface area contributed by atoms with E-state index in [1.54, 1.807) is 0 Å². The molecule has 2 aromatic rings. The van der Waals surface area contributed by atoms with Gasteiger partial charge in [-0.05, 0) is 25.7 Å². The molecule has 0 atom stereocenters. The summed E-state index contributed by atoms with van der Waals surface area (Å²) in [6.45, 7) is 6.40. The highest BCUT2D eigenvalue weighted by molar-refractivity contribution is 5.03. The minimum Gasteiger partial charge on any atom is -0.311 e. The van der Waals surface area contributed by atoms with Gasteiger partial charge in [-0.2, -0.15) is 0 Å². The fourth-order valence-electron chi connectivity index (χ4n) is 1.90. The van der Waals surface area contributed by atoms with E-state index in [0.717, 1.165) is 44.1 Å². The molecule has 0 saturated heterocycles. The molecule has 0 aliphatic heterocycles. The number of nitrogens with one attached hydrogen (secondary N) is 1. The fourth-order valence-corrected chi connectivity index (χ4v) is 1.90. The van der Waals surface area contributed by atoms with Gasteiger partial charge in [-0.3, -0.25) is 14.6 Å². The largest absolute Gasteiger partial charge is 0.311 e. The molecule has 6 heteroatoms.